The Bertz CT molecular complexity index is 1650. The summed E-state index contributed by atoms with van der Waals surface area (Å²) in [5, 5.41) is 0.982. The molecule has 2 atom stereocenters. The molecule has 0 saturated carbocycles. The van der Waals surface area contributed by atoms with Crippen molar-refractivity contribution in [2.45, 2.75) is 24.4 Å². The molecule has 1 radical (unpaired) electrons. The predicted octanol–water partition coefficient (Wildman–Crippen LogP) is 6.78. The Labute approximate surface area is 258 Å². The molecule has 6 rings (SSSR count). The zero-order valence-corrected chi connectivity index (χ0v) is 25.5. The molecule has 8 heteroatoms. The van der Waals surface area contributed by atoms with E-state index < -0.39 is 5.60 Å². The molecule has 225 valence electrons. The third-order valence-electron chi connectivity index (χ3n) is 7.90. The monoisotopic (exact) mass is 589 g/mol. The molecule has 2 unspecified atom stereocenters. The first-order valence-corrected chi connectivity index (χ1v) is 14.7. The summed E-state index contributed by atoms with van der Waals surface area (Å²) in [6.07, 6.45) is 8.09. The van der Waals surface area contributed by atoms with E-state index in [0.717, 1.165) is 51.3 Å². The normalized spacial score (nSPS) is 16.9. The van der Waals surface area contributed by atoms with Crippen molar-refractivity contribution < 1.29 is 18.9 Å². The van der Waals surface area contributed by atoms with Gasteiger partial charge in [0.05, 0.1) is 39.0 Å². The Hall–Kier alpha value is -4.66. The minimum Gasteiger partial charge on any atom is -0.497 e. The molecule has 0 amide bonds. The largest absolute Gasteiger partial charge is 0.497 e. The van der Waals surface area contributed by atoms with E-state index in [-0.39, 0.29) is 12.3 Å². The first-order valence-electron chi connectivity index (χ1n) is 14.7. The fourth-order valence-corrected chi connectivity index (χ4v) is 5.72. The van der Waals surface area contributed by atoms with Crippen LogP contribution in [0.25, 0.3) is 11.0 Å². The van der Waals surface area contributed by atoms with E-state index in [1.165, 1.54) is 0 Å². The maximum absolute atomic E-state index is 7.06. The van der Waals surface area contributed by atoms with Crippen molar-refractivity contribution >= 4 is 23.1 Å². The van der Waals surface area contributed by atoms with E-state index in [1.807, 2.05) is 79.8 Å². The van der Waals surface area contributed by atoms with Gasteiger partial charge in [0.15, 0.2) is 0 Å². The SMILES string of the molecule is COc1ccc(C(OCC2[CH]CC(n3ccc4c(/N=C\N(C)C)ccnc43)O2)(c2ccccc2)c2ccc(OC)cc2)cc1. The van der Waals surface area contributed by atoms with Crippen molar-refractivity contribution in [2.24, 2.45) is 4.99 Å². The molecule has 0 bridgehead atoms. The van der Waals surface area contributed by atoms with Crippen LogP contribution in [-0.2, 0) is 15.1 Å². The Balaban J connectivity index is 1.31. The van der Waals surface area contributed by atoms with E-state index in [2.05, 4.69) is 57.4 Å². The van der Waals surface area contributed by atoms with Gasteiger partial charge in [0.25, 0.3) is 0 Å². The number of fused-ring (bicyclic) bond motifs is 1. The third-order valence-corrected chi connectivity index (χ3v) is 7.90. The lowest BCUT2D eigenvalue weighted by atomic mass is 9.80. The number of aliphatic imine (C=N–C) groups is 1. The van der Waals surface area contributed by atoms with Gasteiger partial charge < -0.3 is 28.4 Å². The summed E-state index contributed by atoms with van der Waals surface area (Å²) in [5.41, 5.74) is 3.78. The number of pyridine rings is 1. The Morgan fingerprint density at radius 1 is 0.886 bits per heavy atom. The molecule has 1 fully saturated rings. The van der Waals surface area contributed by atoms with Gasteiger partial charge in [-0.3, -0.25) is 0 Å². The maximum atomic E-state index is 7.06. The lowest BCUT2D eigenvalue weighted by Crippen LogP contribution is -2.35. The molecule has 0 N–H and O–H groups in total. The smallest absolute Gasteiger partial charge is 0.144 e. The quantitative estimate of drug-likeness (QED) is 0.0962. The van der Waals surface area contributed by atoms with Crippen LogP contribution in [0.4, 0.5) is 5.69 Å². The fourth-order valence-electron chi connectivity index (χ4n) is 5.72. The van der Waals surface area contributed by atoms with Crippen LogP contribution in [0.15, 0.2) is 108 Å². The van der Waals surface area contributed by atoms with Gasteiger partial charge in [-0.2, -0.15) is 0 Å². The van der Waals surface area contributed by atoms with Crippen molar-refractivity contribution in [1.82, 2.24) is 14.5 Å². The Kier molecular flexibility index (Phi) is 8.63. The summed E-state index contributed by atoms with van der Waals surface area (Å²) in [5.74, 6) is 1.56. The molecule has 1 aliphatic heterocycles. The number of hydrogen-bond acceptors (Lipinski definition) is 6. The lowest BCUT2D eigenvalue weighted by Gasteiger charge is -2.37. The van der Waals surface area contributed by atoms with E-state index in [4.69, 9.17) is 18.9 Å². The minimum absolute atomic E-state index is 0.199. The second-order valence-corrected chi connectivity index (χ2v) is 10.9. The average molecular weight is 590 g/mol. The molecule has 5 aromatic rings. The number of aromatic nitrogens is 2. The summed E-state index contributed by atoms with van der Waals surface area (Å²) in [4.78, 5) is 11.2. The number of hydrogen-bond donors (Lipinski definition) is 0. The summed E-state index contributed by atoms with van der Waals surface area (Å²) in [6.45, 7) is 0.342. The molecule has 1 aliphatic rings. The van der Waals surface area contributed by atoms with Crippen molar-refractivity contribution in [1.29, 1.82) is 0 Å². The topological polar surface area (TPSA) is 70.3 Å². The molecule has 8 nitrogen and oxygen atoms in total. The first kappa shape index (κ1) is 29.4. The van der Waals surface area contributed by atoms with Gasteiger partial charge in [-0.05, 0) is 65.9 Å². The van der Waals surface area contributed by atoms with Gasteiger partial charge in [-0.15, -0.1) is 0 Å². The molecule has 2 aromatic heterocycles. The van der Waals surface area contributed by atoms with Gasteiger partial charge in [-0.25, -0.2) is 9.98 Å². The van der Waals surface area contributed by atoms with Crippen LogP contribution in [0.3, 0.4) is 0 Å². The molecule has 44 heavy (non-hydrogen) atoms. The van der Waals surface area contributed by atoms with Crippen LogP contribution >= 0.6 is 0 Å². The second-order valence-electron chi connectivity index (χ2n) is 10.9. The standard InChI is InChI=1S/C36H37N4O4/c1-39(2)25-38-33-20-22-37-35-32(33)21-23-40(35)34-19-18-31(44-34)24-43-36(26-8-6-5-7-9-26,27-10-14-29(41-3)15-11-27)28-12-16-30(42-4)17-13-28/h5-18,20-23,25,31,34H,19,24H2,1-4H3/b38-25-. The maximum Gasteiger partial charge on any atom is 0.144 e. The van der Waals surface area contributed by atoms with E-state index in [0.29, 0.717) is 6.61 Å². The zero-order valence-electron chi connectivity index (χ0n) is 25.5. The number of methoxy groups -OCH3 is 2. The molecule has 0 aliphatic carbocycles. The van der Waals surface area contributed by atoms with Crippen LogP contribution in [0.1, 0.15) is 29.3 Å². The number of benzene rings is 3. The zero-order chi connectivity index (χ0) is 30.5. The number of ether oxygens (including phenoxy) is 4. The van der Waals surface area contributed by atoms with Gasteiger partial charge in [0.1, 0.15) is 29.0 Å². The van der Waals surface area contributed by atoms with E-state index in [9.17, 15) is 0 Å². The number of nitrogens with zero attached hydrogens (tertiary/aromatic N) is 4. The van der Waals surface area contributed by atoms with Crippen LogP contribution in [0.5, 0.6) is 11.5 Å². The first-order chi connectivity index (χ1) is 21.5. The molecule has 3 aromatic carbocycles. The average Bonchev–Trinajstić information content (AvgIpc) is 3.72. The van der Waals surface area contributed by atoms with Gasteiger partial charge in [-0.1, -0.05) is 54.6 Å². The Morgan fingerprint density at radius 2 is 1.52 bits per heavy atom. The highest BCUT2D eigenvalue weighted by molar-refractivity contribution is 5.89. The predicted molar refractivity (Wildman–Crippen MR) is 173 cm³/mol. The van der Waals surface area contributed by atoms with Crippen LogP contribution in [0, 0.1) is 6.42 Å². The summed E-state index contributed by atoms with van der Waals surface area (Å²) >= 11 is 0. The molecular formula is C36H37N4O4. The van der Waals surface area contributed by atoms with Gasteiger partial charge in [0, 0.05) is 31.9 Å². The van der Waals surface area contributed by atoms with Crippen LogP contribution < -0.4 is 9.47 Å². The van der Waals surface area contributed by atoms with Gasteiger partial charge >= 0.3 is 0 Å². The Morgan fingerprint density at radius 3 is 2.14 bits per heavy atom. The van der Waals surface area contributed by atoms with Crippen molar-refractivity contribution in [2.75, 3.05) is 34.9 Å². The fraction of sp³-hybridized carbons (Fsp3) is 0.250. The summed E-state index contributed by atoms with van der Waals surface area (Å²) in [6, 6.07) is 30.4. The van der Waals surface area contributed by atoms with E-state index >= 15 is 0 Å². The molecule has 0 spiro atoms. The highest BCUT2D eigenvalue weighted by atomic mass is 16.6. The molecule has 1 saturated heterocycles. The minimum atomic E-state index is -0.907. The number of rotatable bonds is 11. The van der Waals surface area contributed by atoms with Crippen LogP contribution in [-0.4, -0.2) is 61.8 Å². The van der Waals surface area contributed by atoms with E-state index in [1.54, 1.807) is 26.8 Å². The summed E-state index contributed by atoms with van der Waals surface area (Å²) < 4.78 is 26.7. The van der Waals surface area contributed by atoms with Gasteiger partial charge in [0.2, 0.25) is 0 Å². The lowest BCUT2D eigenvalue weighted by molar-refractivity contribution is -0.0701. The summed E-state index contributed by atoms with van der Waals surface area (Å²) in [7, 11) is 7.25. The van der Waals surface area contributed by atoms with Crippen molar-refractivity contribution in [3.63, 3.8) is 0 Å². The highest BCUT2D eigenvalue weighted by Crippen LogP contribution is 2.43. The highest BCUT2D eigenvalue weighted by Gasteiger charge is 2.40. The second kappa shape index (κ2) is 12.9. The van der Waals surface area contributed by atoms with Crippen molar-refractivity contribution in [3.8, 4) is 11.5 Å². The van der Waals surface area contributed by atoms with Crippen molar-refractivity contribution in [3.05, 3.63) is 127 Å². The van der Waals surface area contributed by atoms with Crippen LogP contribution in [0.2, 0.25) is 0 Å². The molecular weight excluding hydrogens is 552 g/mol. The third kappa shape index (κ3) is 5.78. The molecule has 3 heterocycles.